The van der Waals surface area contributed by atoms with Crippen molar-refractivity contribution in [3.63, 3.8) is 0 Å². The van der Waals surface area contributed by atoms with E-state index in [2.05, 4.69) is 15.8 Å². The van der Waals surface area contributed by atoms with Gasteiger partial charge in [0, 0.05) is 37.5 Å². The summed E-state index contributed by atoms with van der Waals surface area (Å²) in [5.41, 5.74) is 5.12. The molecule has 2 amide bonds. The zero-order valence-electron chi connectivity index (χ0n) is 23.3. The molecule has 216 valence electrons. The Hall–Kier alpha value is -6.10. The lowest BCUT2D eigenvalue weighted by Gasteiger charge is -2.12. The summed E-state index contributed by atoms with van der Waals surface area (Å²) in [4.78, 5) is 50.3. The Morgan fingerprint density at radius 2 is 1.44 bits per heavy atom. The Kier molecular flexibility index (Phi) is 9.72. The van der Waals surface area contributed by atoms with Gasteiger partial charge in [-0.1, -0.05) is 30.3 Å². The molecule has 0 spiro atoms. The molecule has 0 atom stereocenters. The zero-order chi connectivity index (χ0) is 30.8. The molecule has 11 heteroatoms. The van der Waals surface area contributed by atoms with Crippen LogP contribution in [-0.2, 0) is 4.79 Å². The molecule has 0 aliphatic carbocycles. The third-order valence-corrected chi connectivity index (χ3v) is 6.03. The number of nitrogens with zero attached hydrogens (tertiary/aromatic N) is 3. The number of esters is 1. The molecule has 0 heterocycles. The van der Waals surface area contributed by atoms with Gasteiger partial charge in [0.05, 0.1) is 16.7 Å². The lowest BCUT2D eigenvalue weighted by atomic mass is 10.1. The second kappa shape index (κ2) is 14.0. The van der Waals surface area contributed by atoms with Crippen molar-refractivity contribution in [2.75, 3.05) is 19.0 Å². The largest absolute Gasteiger partial charge is 0.423 e. The van der Waals surface area contributed by atoms with Crippen LogP contribution in [0.1, 0.15) is 31.8 Å². The second-order valence-corrected chi connectivity index (χ2v) is 9.33. The third-order valence-electron chi connectivity index (χ3n) is 6.03. The van der Waals surface area contributed by atoms with Gasteiger partial charge in [-0.3, -0.25) is 19.7 Å². The monoisotopic (exact) mass is 577 g/mol. The molecule has 0 aliphatic heterocycles. The number of nitrogens with one attached hydrogen (secondary N) is 2. The average molecular weight is 578 g/mol. The summed E-state index contributed by atoms with van der Waals surface area (Å²) in [6.45, 7) is 0. The molecule has 0 fully saturated rings. The molecule has 43 heavy (non-hydrogen) atoms. The van der Waals surface area contributed by atoms with E-state index in [0.29, 0.717) is 16.7 Å². The maximum Gasteiger partial charge on any atom is 0.343 e. The van der Waals surface area contributed by atoms with E-state index < -0.39 is 22.7 Å². The molecule has 0 saturated carbocycles. The minimum absolute atomic E-state index is 0.00268. The minimum atomic E-state index is -0.670. The Labute approximate surface area is 247 Å². The van der Waals surface area contributed by atoms with Crippen molar-refractivity contribution < 1.29 is 24.0 Å². The number of ether oxygens (including phenoxy) is 1. The van der Waals surface area contributed by atoms with E-state index in [4.69, 9.17) is 4.74 Å². The standard InChI is InChI=1S/C32H27N5O6/c1-36(2)26-14-8-22(9-15-26)20-29(34-30(38)24-6-4-3-5-7-24)31(39)35-33-21-23-10-18-28(19-11-23)43-32(40)25-12-16-27(17-13-25)37(41)42/h3-21H,1-2H3,(H,34,38)(H,35,39)/b29-20-,33-21?. The van der Waals surface area contributed by atoms with Crippen molar-refractivity contribution >= 4 is 41.4 Å². The first-order chi connectivity index (χ1) is 20.7. The number of amides is 2. The summed E-state index contributed by atoms with van der Waals surface area (Å²) >= 11 is 0. The highest BCUT2D eigenvalue weighted by Crippen LogP contribution is 2.17. The fraction of sp³-hybridized carbons (Fsp3) is 0.0625. The molecule has 0 bridgehead atoms. The molecule has 0 aromatic heterocycles. The SMILES string of the molecule is CN(C)c1ccc(/C=C(\NC(=O)c2ccccc2)C(=O)NN=Cc2ccc(OC(=O)c3ccc([N+](=O)[O-])cc3)cc2)cc1. The van der Waals surface area contributed by atoms with Crippen molar-refractivity contribution in [3.8, 4) is 5.75 Å². The van der Waals surface area contributed by atoms with Crippen LogP contribution in [0.25, 0.3) is 6.08 Å². The van der Waals surface area contributed by atoms with Gasteiger partial charge in [0.25, 0.3) is 17.5 Å². The van der Waals surface area contributed by atoms with Gasteiger partial charge in [-0.25, -0.2) is 10.2 Å². The Morgan fingerprint density at radius 1 is 0.814 bits per heavy atom. The van der Waals surface area contributed by atoms with E-state index in [1.807, 2.05) is 43.3 Å². The quantitative estimate of drug-likeness (QED) is 0.0688. The van der Waals surface area contributed by atoms with Crippen LogP contribution in [-0.4, -0.2) is 43.0 Å². The van der Waals surface area contributed by atoms with Crippen LogP contribution in [0, 0.1) is 10.1 Å². The second-order valence-electron chi connectivity index (χ2n) is 9.33. The van der Waals surface area contributed by atoms with Crippen molar-refractivity contribution in [3.05, 3.63) is 141 Å². The number of hydrogen-bond donors (Lipinski definition) is 2. The minimum Gasteiger partial charge on any atom is -0.423 e. The first-order valence-corrected chi connectivity index (χ1v) is 13.0. The number of non-ortho nitro benzene ring substituents is 1. The van der Waals surface area contributed by atoms with Crippen LogP contribution in [0.15, 0.2) is 114 Å². The van der Waals surface area contributed by atoms with Crippen molar-refractivity contribution in [2.45, 2.75) is 0 Å². The van der Waals surface area contributed by atoms with Gasteiger partial charge >= 0.3 is 5.97 Å². The van der Waals surface area contributed by atoms with Crippen LogP contribution in [0.2, 0.25) is 0 Å². The van der Waals surface area contributed by atoms with Crippen LogP contribution in [0.5, 0.6) is 5.75 Å². The molecule has 2 N–H and O–H groups in total. The van der Waals surface area contributed by atoms with E-state index in [-0.39, 0.29) is 22.7 Å². The Morgan fingerprint density at radius 3 is 2.05 bits per heavy atom. The third kappa shape index (κ3) is 8.44. The van der Waals surface area contributed by atoms with Gasteiger partial charge in [0.2, 0.25) is 0 Å². The molecule has 0 saturated heterocycles. The van der Waals surface area contributed by atoms with Crippen LogP contribution >= 0.6 is 0 Å². The molecule has 4 aromatic carbocycles. The highest BCUT2D eigenvalue weighted by molar-refractivity contribution is 6.05. The zero-order valence-corrected chi connectivity index (χ0v) is 23.3. The first-order valence-electron chi connectivity index (χ1n) is 13.0. The number of nitro benzene ring substituents is 1. The predicted octanol–water partition coefficient (Wildman–Crippen LogP) is 4.80. The molecule has 4 rings (SSSR count). The number of carbonyl (C=O) groups is 3. The van der Waals surface area contributed by atoms with Crippen molar-refractivity contribution in [2.24, 2.45) is 5.10 Å². The first kappa shape index (κ1) is 29.9. The van der Waals surface area contributed by atoms with E-state index in [0.717, 1.165) is 5.69 Å². The number of carbonyl (C=O) groups excluding carboxylic acids is 3. The van der Waals surface area contributed by atoms with Crippen LogP contribution in [0.4, 0.5) is 11.4 Å². The molecular formula is C32H27N5O6. The van der Waals surface area contributed by atoms with Gasteiger partial charge in [-0.05, 0) is 77.9 Å². The normalized spacial score (nSPS) is 11.1. The maximum absolute atomic E-state index is 13.0. The maximum atomic E-state index is 13.0. The summed E-state index contributed by atoms with van der Waals surface area (Å²) in [7, 11) is 3.84. The van der Waals surface area contributed by atoms with Crippen molar-refractivity contribution in [1.29, 1.82) is 0 Å². The van der Waals surface area contributed by atoms with Crippen LogP contribution in [0.3, 0.4) is 0 Å². The van der Waals surface area contributed by atoms with Crippen molar-refractivity contribution in [1.82, 2.24) is 10.7 Å². The highest BCUT2D eigenvalue weighted by Gasteiger charge is 2.15. The fourth-order valence-electron chi connectivity index (χ4n) is 3.71. The number of anilines is 1. The number of hydrogen-bond acceptors (Lipinski definition) is 8. The number of hydrazone groups is 1. The molecule has 0 unspecified atom stereocenters. The molecular weight excluding hydrogens is 550 g/mol. The van der Waals surface area contributed by atoms with Gasteiger partial charge < -0.3 is 15.0 Å². The summed E-state index contributed by atoms with van der Waals surface area (Å²) in [6, 6.07) is 27.4. The summed E-state index contributed by atoms with van der Waals surface area (Å²) in [5, 5.41) is 17.4. The Balaban J connectivity index is 1.42. The summed E-state index contributed by atoms with van der Waals surface area (Å²) in [6.07, 6.45) is 2.95. The lowest BCUT2D eigenvalue weighted by molar-refractivity contribution is -0.384. The summed E-state index contributed by atoms with van der Waals surface area (Å²) < 4.78 is 5.31. The van der Waals surface area contributed by atoms with Gasteiger partial charge in [-0.2, -0.15) is 5.10 Å². The molecule has 0 radical (unpaired) electrons. The lowest BCUT2D eigenvalue weighted by Crippen LogP contribution is -2.32. The van der Waals surface area contributed by atoms with E-state index in [1.165, 1.54) is 42.6 Å². The molecule has 11 nitrogen and oxygen atoms in total. The van der Waals surface area contributed by atoms with E-state index in [1.54, 1.807) is 48.5 Å². The number of nitro groups is 1. The van der Waals surface area contributed by atoms with E-state index in [9.17, 15) is 24.5 Å². The number of benzene rings is 4. The van der Waals surface area contributed by atoms with Gasteiger partial charge in [0.15, 0.2) is 0 Å². The topological polar surface area (TPSA) is 143 Å². The fourth-order valence-corrected chi connectivity index (χ4v) is 3.71. The highest BCUT2D eigenvalue weighted by atomic mass is 16.6. The Bertz CT molecular complexity index is 1660. The predicted molar refractivity (Wildman–Crippen MR) is 163 cm³/mol. The van der Waals surface area contributed by atoms with Crippen LogP contribution < -0.4 is 20.4 Å². The van der Waals surface area contributed by atoms with Gasteiger partial charge in [-0.15, -0.1) is 0 Å². The average Bonchev–Trinajstić information content (AvgIpc) is 3.02. The summed E-state index contributed by atoms with van der Waals surface area (Å²) in [5.74, 6) is -1.50. The smallest absolute Gasteiger partial charge is 0.343 e. The number of rotatable bonds is 10. The molecule has 4 aromatic rings. The molecule has 0 aliphatic rings. The van der Waals surface area contributed by atoms with E-state index >= 15 is 0 Å². The van der Waals surface area contributed by atoms with Gasteiger partial charge in [0.1, 0.15) is 11.4 Å².